The van der Waals surface area contributed by atoms with Gasteiger partial charge in [0.05, 0.1) is 25.4 Å². The van der Waals surface area contributed by atoms with Crippen molar-refractivity contribution >= 4 is 0 Å². The first kappa shape index (κ1) is 22.5. The van der Waals surface area contributed by atoms with Crippen molar-refractivity contribution < 1.29 is 14.2 Å². The normalized spacial score (nSPS) is 32.6. The Morgan fingerprint density at radius 3 is 2.66 bits per heavy atom. The predicted molar refractivity (Wildman–Crippen MR) is 119 cm³/mol. The summed E-state index contributed by atoms with van der Waals surface area (Å²) in [6.45, 7) is 13.7. The Balaban J connectivity index is 1.67. The molecular weight excluding hydrogens is 360 g/mol. The Hall–Kier alpha value is -1.16. The van der Waals surface area contributed by atoms with Gasteiger partial charge in [0.25, 0.3) is 0 Å². The summed E-state index contributed by atoms with van der Waals surface area (Å²) in [5.74, 6) is 1.87. The lowest BCUT2D eigenvalue weighted by atomic mass is 9.65. The van der Waals surface area contributed by atoms with E-state index in [-0.39, 0.29) is 11.2 Å². The molecule has 3 heteroatoms. The molecule has 162 valence electrons. The molecule has 1 aliphatic carbocycles. The van der Waals surface area contributed by atoms with Crippen LogP contribution in [0.15, 0.2) is 43.0 Å². The van der Waals surface area contributed by atoms with Crippen molar-refractivity contribution in [2.24, 2.45) is 17.8 Å². The molecule has 1 heterocycles. The topological polar surface area (TPSA) is 27.7 Å². The summed E-state index contributed by atoms with van der Waals surface area (Å²) in [6.07, 6.45) is 8.72. The smallest absolute Gasteiger partial charge is 0.115 e. The van der Waals surface area contributed by atoms with Gasteiger partial charge in [0.1, 0.15) is 5.60 Å². The van der Waals surface area contributed by atoms with Gasteiger partial charge >= 0.3 is 0 Å². The molecule has 4 atom stereocenters. The number of rotatable bonds is 10. The van der Waals surface area contributed by atoms with E-state index in [1.807, 2.05) is 6.07 Å². The van der Waals surface area contributed by atoms with E-state index in [0.717, 1.165) is 32.3 Å². The molecule has 1 aromatic carbocycles. The van der Waals surface area contributed by atoms with Crippen molar-refractivity contribution in [2.45, 2.75) is 77.1 Å². The Kier molecular flexibility index (Phi) is 7.95. The van der Waals surface area contributed by atoms with E-state index in [1.165, 1.54) is 18.4 Å². The first-order chi connectivity index (χ1) is 14.0. The lowest BCUT2D eigenvalue weighted by Crippen LogP contribution is -2.51. The van der Waals surface area contributed by atoms with Crippen LogP contribution in [-0.2, 0) is 20.8 Å². The van der Waals surface area contributed by atoms with Crippen molar-refractivity contribution in [3.8, 4) is 0 Å². The highest BCUT2D eigenvalue weighted by atomic mass is 16.6. The third kappa shape index (κ3) is 5.71. The van der Waals surface area contributed by atoms with Crippen LogP contribution in [-0.4, -0.2) is 31.0 Å². The van der Waals surface area contributed by atoms with Crippen molar-refractivity contribution in [3.63, 3.8) is 0 Å². The van der Waals surface area contributed by atoms with Crippen LogP contribution in [0, 0.1) is 17.8 Å². The van der Waals surface area contributed by atoms with Gasteiger partial charge in [-0.15, -0.1) is 6.58 Å². The highest BCUT2D eigenvalue weighted by Gasteiger charge is 2.47. The highest BCUT2D eigenvalue weighted by molar-refractivity contribution is 5.13. The summed E-state index contributed by atoms with van der Waals surface area (Å²) in [7, 11) is 0. The molecule has 1 saturated carbocycles. The number of hydrogen-bond acceptors (Lipinski definition) is 3. The van der Waals surface area contributed by atoms with E-state index in [4.69, 9.17) is 14.2 Å². The Labute approximate surface area is 177 Å². The molecule has 0 unspecified atom stereocenters. The van der Waals surface area contributed by atoms with Gasteiger partial charge in [0.15, 0.2) is 0 Å². The zero-order valence-electron chi connectivity index (χ0n) is 18.7. The summed E-state index contributed by atoms with van der Waals surface area (Å²) in [5, 5.41) is 0. The van der Waals surface area contributed by atoms with Crippen LogP contribution >= 0.6 is 0 Å². The van der Waals surface area contributed by atoms with Crippen LogP contribution in [0.4, 0.5) is 0 Å². The van der Waals surface area contributed by atoms with Crippen molar-refractivity contribution in [3.05, 3.63) is 48.6 Å². The second-order valence-electron chi connectivity index (χ2n) is 9.70. The maximum atomic E-state index is 6.87. The lowest BCUT2D eigenvalue weighted by Gasteiger charge is -2.49. The van der Waals surface area contributed by atoms with Gasteiger partial charge in [0, 0.05) is 6.61 Å². The molecule has 0 radical (unpaired) electrons. The summed E-state index contributed by atoms with van der Waals surface area (Å²) in [4.78, 5) is 0. The van der Waals surface area contributed by atoms with Crippen molar-refractivity contribution in [1.82, 2.24) is 0 Å². The van der Waals surface area contributed by atoms with E-state index >= 15 is 0 Å². The standard InChI is InChI=1S/C26H40O3/c1-5-14-26(17-22(4)12-13-24(26)21(2)3)29-20-25(15-9-16-28-25)19-27-18-23-10-7-6-8-11-23/h5-8,10-11,21-22,24H,1,9,12-20H2,2-4H3/t22-,24+,25+,26+/m1/s1. The molecule has 1 aromatic rings. The third-order valence-corrected chi connectivity index (χ3v) is 6.92. The van der Waals surface area contributed by atoms with E-state index in [2.05, 4.69) is 57.7 Å². The van der Waals surface area contributed by atoms with Gasteiger partial charge in [-0.3, -0.25) is 0 Å². The molecule has 3 rings (SSSR count). The highest BCUT2D eigenvalue weighted by Crippen LogP contribution is 2.46. The van der Waals surface area contributed by atoms with Crippen LogP contribution in [0.3, 0.4) is 0 Å². The Morgan fingerprint density at radius 2 is 2.00 bits per heavy atom. The SMILES string of the molecule is C=CC[C@]1(OC[C@@]2(COCc3ccccc3)CCCO2)C[C@H](C)CC[C@H]1C(C)C. The minimum atomic E-state index is -0.314. The summed E-state index contributed by atoms with van der Waals surface area (Å²) >= 11 is 0. The first-order valence-corrected chi connectivity index (χ1v) is 11.5. The minimum absolute atomic E-state index is 0.119. The quantitative estimate of drug-likeness (QED) is 0.439. The number of ether oxygens (including phenoxy) is 3. The molecule has 0 amide bonds. The fourth-order valence-corrected chi connectivity index (χ4v) is 5.44. The van der Waals surface area contributed by atoms with Crippen LogP contribution in [0.25, 0.3) is 0 Å². The number of benzene rings is 1. The molecular formula is C26H40O3. The molecule has 2 fully saturated rings. The monoisotopic (exact) mass is 400 g/mol. The lowest BCUT2D eigenvalue weighted by molar-refractivity contribution is -0.186. The van der Waals surface area contributed by atoms with Crippen LogP contribution in [0.2, 0.25) is 0 Å². The van der Waals surface area contributed by atoms with Crippen LogP contribution in [0.1, 0.15) is 64.9 Å². The van der Waals surface area contributed by atoms with Gasteiger partial charge < -0.3 is 14.2 Å². The Bertz CT molecular complexity index is 620. The maximum absolute atomic E-state index is 6.87. The van der Waals surface area contributed by atoms with E-state index in [1.54, 1.807) is 0 Å². The maximum Gasteiger partial charge on any atom is 0.115 e. The van der Waals surface area contributed by atoms with Crippen molar-refractivity contribution in [2.75, 3.05) is 19.8 Å². The molecule has 1 aliphatic heterocycles. The van der Waals surface area contributed by atoms with E-state index in [0.29, 0.717) is 37.6 Å². The largest absolute Gasteiger partial charge is 0.374 e. The number of hydrogen-bond donors (Lipinski definition) is 0. The fraction of sp³-hybridized carbons (Fsp3) is 0.692. The average Bonchev–Trinajstić information content (AvgIpc) is 3.16. The molecule has 0 N–H and O–H groups in total. The second kappa shape index (κ2) is 10.2. The molecule has 29 heavy (non-hydrogen) atoms. The first-order valence-electron chi connectivity index (χ1n) is 11.5. The van der Waals surface area contributed by atoms with E-state index in [9.17, 15) is 0 Å². The van der Waals surface area contributed by atoms with Gasteiger partial charge in [0.2, 0.25) is 0 Å². The second-order valence-corrected chi connectivity index (χ2v) is 9.70. The average molecular weight is 401 g/mol. The fourth-order valence-electron chi connectivity index (χ4n) is 5.44. The molecule has 0 aromatic heterocycles. The van der Waals surface area contributed by atoms with Gasteiger partial charge in [-0.05, 0) is 55.4 Å². The third-order valence-electron chi connectivity index (χ3n) is 6.92. The Morgan fingerprint density at radius 1 is 1.21 bits per heavy atom. The molecule has 0 bridgehead atoms. The molecule has 2 aliphatic rings. The van der Waals surface area contributed by atoms with Crippen molar-refractivity contribution in [1.29, 1.82) is 0 Å². The van der Waals surface area contributed by atoms with E-state index < -0.39 is 0 Å². The van der Waals surface area contributed by atoms with Gasteiger partial charge in [-0.1, -0.05) is 63.6 Å². The van der Waals surface area contributed by atoms with Crippen LogP contribution < -0.4 is 0 Å². The summed E-state index contributed by atoms with van der Waals surface area (Å²) in [5.41, 5.74) is 0.766. The zero-order chi connectivity index (χ0) is 20.7. The van der Waals surface area contributed by atoms with Gasteiger partial charge in [-0.2, -0.15) is 0 Å². The minimum Gasteiger partial charge on any atom is -0.374 e. The zero-order valence-corrected chi connectivity index (χ0v) is 18.7. The molecule has 3 nitrogen and oxygen atoms in total. The summed E-state index contributed by atoms with van der Waals surface area (Å²) < 4.78 is 19.2. The summed E-state index contributed by atoms with van der Waals surface area (Å²) in [6, 6.07) is 10.4. The molecule has 1 saturated heterocycles. The molecule has 0 spiro atoms. The van der Waals surface area contributed by atoms with Gasteiger partial charge in [-0.25, -0.2) is 0 Å². The predicted octanol–water partition coefficient (Wildman–Crippen LogP) is 6.18. The van der Waals surface area contributed by atoms with Crippen LogP contribution in [0.5, 0.6) is 0 Å².